The summed E-state index contributed by atoms with van der Waals surface area (Å²) in [4.78, 5) is 15.1. The summed E-state index contributed by atoms with van der Waals surface area (Å²) >= 11 is 0. The van der Waals surface area contributed by atoms with E-state index in [-0.39, 0.29) is 39.6 Å². The monoisotopic (exact) mass is 728 g/mol. The van der Waals surface area contributed by atoms with Gasteiger partial charge in [-0.05, 0) is 129 Å². The van der Waals surface area contributed by atoms with Crippen LogP contribution in [0.3, 0.4) is 0 Å². The van der Waals surface area contributed by atoms with E-state index in [1.54, 1.807) is 12.5 Å². The van der Waals surface area contributed by atoms with Gasteiger partial charge in [-0.2, -0.15) is 0 Å². The summed E-state index contributed by atoms with van der Waals surface area (Å²) in [7, 11) is -3.97. The lowest BCUT2D eigenvalue weighted by Crippen LogP contribution is -2.49. The molecule has 0 aromatic heterocycles. The van der Waals surface area contributed by atoms with Crippen molar-refractivity contribution in [2.24, 2.45) is 23.2 Å². The highest BCUT2D eigenvalue weighted by Gasteiger charge is 2.53. The lowest BCUT2D eigenvalue weighted by molar-refractivity contribution is -0.142. The lowest BCUT2D eigenvalue weighted by atomic mass is 9.60. The molecule has 0 spiro atoms. The van der Waals surface area contributed by atoms with Crippen molar-refractivity contribution >= 4 is 22.5 Å². The smallest absolute Gasteiger partial charge is 0.254 e. The van der Waals surface area contributed by atoms with Crippen molar-refractivity contribution in [1.82, 2.24) is 4.90 Å². The molecule has 1 heterocycles. The molecule has 0 aromatic carbocycles. The maximum absolute atomic E-state index is 13.1. The van der Waals surface area contributed by atoms with Crippen molar-refractivity contribution < 1.29 is 18.8 Å². The van der Waals surface area contributed by atoms with Gasteiger partial charge in [-0.1, -0.05) is 93.0 Å². The van der Waals surface area contributed by atoms with Crippen LogP contribution in [0, 0.1) is 23.2 Å². The van der Waals surface area contributed by atoms with E-state index in [4.69, 9.17) is 15.4 Å². The lowest BCUT2D eigenvalue weighted by Gasteiger charge is -2.46. The molecule has 0 bridgehead atoms. The largest absolute Gasteiger partial charge is 0.413 e. The molecule has 4 fully saturated rings. The Morgan fingerprint density at radius 1 is 1.02 bits per heavy atom. The Bertz CT molecular complexity index is 1300. The van der Waals surface area contributed by atoms with Crippen LogP contribution in [0.2, 0.25) is 36.3 Å². The second kappa shape index (κ2) is 15.0. The number of amides is 1. The summed E-state index contributed by atoms with van der Waals surface area (Å²) in [5, 5.41) is 11.2. The molecule has 5 nitrogen and oxygen atoms in total. The van der Waals surface area contributed by atoms with Crippen molar-refractivity contribution in [3.63, 3.8) is 0 Å². The van der Waals surface area contributed by atoms with Gasteiger partial charge in [-0.25, -0.2) is 0 Å². The number of nitrogens with zero attached hydrogens (tertiary/aromatic N) is 1. The topological polar surface area (TPSA) is 59.0 Å². The first-order valence-corrected chi connectivity index (χ1v) is 26.1. The third-order valence-corrected chi connectivity index (χ3v) is 23.7. The molecule has 0 unspecified atom stereocenters. The molecule has 1 saturated heterocycles. The van der Waals surface area contributed by atoms with E-state index in [0.717, 1.165) is 44.2 Å². The number of carbonyl (C=O) groups excluding carboxylic acids is 1. The average Bonchev–Trinajstić information content (AvgIpc) is 3.43. The molecule has 1 amide bonds. The van der Waals surface area contributed by atoms with E-state index < -0.39 is 22.2 Å². The number of aliphatic hydroxyl groups is 1. The Kier molecular flexibility index (Phi) is 12.6. The minimum atomic E-state index is -2.01. The molecule has 50 heavy (non-hydrogen) atoms. The quantitative estimate of drug-likeness (QED) is 0.215. The Balaban J connectivity index is 1.57. The van der Waals surface area contributed by atoms with Crippen molar-refractivity contribution in [3.05, 3.63) is 35.5 Å². The van der Waals surface area contributed by atoms with Gasteiger partial charge < -0.3 is 18.9 Å². The van der Waals surface area contributed by atoms with E-state index in [1.807, 2.05) is 4.90 Å². The van der Waals surface area contributed by atoms with Gasteiger partial charge in [0.2, 0.25) is 0 Å². The molecule has 4 rings (SSSR count). The van der Waals surface area contributed by atoms with E-state index in [1.165, 1.54) is 37.7 Å². The predicted octanol–water partition coefficient (Wildman–Crippen LogP) is 11.4. The predicted molar refractivity (Wildman–Crippen MR) is 216 cm³/mol. The van der Waals surface area contributed by atoms with Gasteiger partial charge in [-0.3, -0.25) is 4.79 Å². The first-order chi connectivity index (χ1) is 22.8. The third-order valence-electron chi connectivity index (χ3n) is 14.7. The van der Waals surface area contributed by atoms with Crippen LogP contribution in [0.15, 0.2) is 35.5 Å². The summed E-state index contributed by atoms with van der Waals surface area (Å²) in [6.45, 7) is 37.8. The molecule has 1 aliphatic heterocycles. The van der Waals surface area contributed by atoms with Gasteiger partial charge in [-0.15, -0.1) is 0 Å². The number of hydrogen-bond acceptors (Lipinski definition) is 4. The van der Waals surface area contributed by atoms with Crippen LogP contribution >= 0.6 is 0 Å². The zero-order valence-electron chi connectivity index (χ0n) is 34.9. The zero-order chi connectivity index (χ0) is 37.7. The van der Waals surface area contributed by atoms with Crippen LogP contribution < -0.4 is 0 Å². The van der Waals surface area contributed by atoms with E-state index >= 15 is 0 Å². The van der Waals surface area contributed by atoms with Gasteiger partial charge in [0.15, 0.2) is 16.6 Å². The summed E-state index contributed by atoms with van der Waals surface area (Å²) in [5.74, 6) is 1.68. The van der Waals surface area contributed by atoms with E-state index in [9.17, 15) is 9.90 Å². The molecular weight excluding hydrogens is 651 g/mol. The van der Waals surface area contributed by atoms with Crippen LogP contribution in [0.5, 0.6) is 0 Å². The Morgan fingerprint density at radius 3 is 2.24 bits per heavy atom. The van der Waals surface area contributed by atoms with Gasteiger partial charge in [0.1, 0.15) is 5.60 Å². The van der Waals surface area contributed by atoms with Gasteiger partial charge in [0.25, 0.3) is 5.91 Å². The standard InChI is InChI=1S/C43H77NO4Si2/c1-16-17-25-44-34(29-43(11,46)39(44)45)26-30(2)36-22-23-37-32(19-18-24-42(36,37)10)20-21-33-27-35(47-49(12,13)40(4,5)6)28-38(31(33)3)48-50(14,15)41(7,8)9/h20-21,30,34-38,46H,3,16-19,22-29H2,1-2,4-15H3/b32-20+,33-21-/t30-,34+,35-,36-,37+,38+,42-,43+/m1/s1. The second-order valence-electron chi connectivity index (χ2n) is 20.6. The van der Waals surface area contributed by atoms with Crippen LogP contribution in [-0.2, 0) is 13.6 Å². The maximum atomic E-state index is 13.1. The van der Waals surface area contributed by atoms with Gasteiger partial charge in [0.05, 0.1) is 12.2 Å². The summed E-state index contributed by atoms with van der Waals surface area (Å²) < 4.78 is 14.2. The number of hydrogen-bond donors (Lipinski definition) is 1. The Hall–Kier alpha value is -0.996. The SMILES string of the molecule is C=C1/C(=C\C=C2/CCC[C@]3(C)[C@@H]([C@H](C)C[C@H]4C[C@](C)(O)C(=O)N4CCCC)CC[C@@H]23)C[C@@H](O[Si](C)(C)C(C)(C)C)C[C@@H]1O[Si](C)(C)C(C)(C)C. The van der Waals surface area contributed by atoms with Crippen molar-refractivity contribution in [1.29, 1.82) is 0 Å². The Labute approximate surface area is 310 Å². The van der Waals surface area contributed by atoms with Gasteiger partial charge >= 0.3 is 0 Å². The molecule has 286 valence electrons. The minimum absolute atomic E-state index is 0.00229. The summed E-state index contributed by atoms with van der Waals surface area (Å²) in [5.41, 5.74) is 3.14. The number of carbonyl (C=O) groups is 1. The van der Waals surface area contributed by atoms with Crippen molar-refractivity contribution in [2.45, 2.75) is 200 Å². The molecule has 4 aliphatic rings. The number of fused-ring (bicyclic) bond motifs is 1. The van der Waals surface area contributed by atoms with E-state index in [0.29, 0.717) is 24.2 Å². The molecule has 0 aromatic rings. The first kappa shape index (κ1) is 41.8. The molecule has 7 heteroatoms. The number of unbranched alkanes of at least 4 members (excludes halogenated alkanes) is 1. The van der Waals surface area contributed by atoms with Gasteiger partial charge in [0, 0.05) is 25.4 Å². The fourth-order valence-electron chi connectivity index (χ4n) is 9.53. The first-order valence-electron chi connectivity index (χ1n) is 20.3. The number of rotatable bonds is 11. The van der Waals surface area contributed by atoms with Crippen LogP contribution in [0.4, 0.5) is 0 Å². The second-order valence-corrected chi connectivity index (χ2v) is 30.1. The highest BCUT2D eigenvalue weighted by Crippen LogP contribution is 2.60. The number of allylic oxidation sites excluding steroid dienone is 3. The molecule has 1 N–H and O–H groups in total. The fourth-order valence-corrected chi connectivity index (χ4v) is 12.2. The normalized spacial score (nSPS) is 35.3. The highest BCUT2D eigenvalue weighted by molar-refractivity contribution is 6.74. The third kappa shape index (κ3) is 8.69. The van der Waals surface area contributed by atoms with E-state index in [2.05, 4.69) is 101 Å². The molecule has 3 saturated carbocycles. The molecule has 8 atom stereocenters. The highest BCUT2D eigenvalue weighted by atomic mass is 28.4. The molecule has 0 radical (unpaired) electrons. The molecule has 3 aliphatic carbocycles. The molecular formula is C43H77NO4Si2. The zero-order valence-corrected chi connectivity index (χ0v) is 36.9. The Morgan fingerprint density at radius 2 is 1.64 bits per heavy atom. The fraction of sp³-hybridized carbons (Fsp3) is 0.837. The van der Waals surface area contributed by atoms with Crippen LogP contribution in [-0.4, -0.2) is 62.9 Å². The van der Waals surface area contributed by atoms with Crippen molar-refractivity contribution in [3.8, 4) is 0 Å². The minimum Gasteiger partial charge on any atom is -0.413 e. The average molecular weight is 728 g/mol. The van der Waals surface area contributed by atoms with Crippen molar-refractivity contribution in [2.75, 3.05) is 6.54 Å². The van der Waals surface area contributed by atoms with Crippen LogP contribution in [0.1, 0.15) is 140 Å². The maximum Gasteiger partial charge on any atom is 0.254 e. The van der Waals surface area contributed by atoms with Crippen LogP contribution in [0.25, 0.3) is 0 Å². The number of likely N-dealkylation sites (tertiary alicyclic amines) is 1. The summed E-state index contributed by atoms with van der Waals surface area (Å²) in [6.07, 6.45) is 16.7. The summed E-state index contributed by atoms with van der Waals surface area (Å²) in [6, 6.07) is 0.144.